The molecule has 5 nitrogen and oxygen atoms in total. The van der Waals surface area contributed by atoms with Gasteiger partial charge < -0.3 is 10.1 Å². The molecule has 0 aliphatic heterocycles. The Hall–Kier alpha value is -2.51. The van der Waals surface area contributed by atoms with Gasteiger partial charge in [-0.2, -0.15) is 0 Å². The van der Waals surface area contributed by atoms with Gasteiger partial charge >= 0.3 is 5.97 Å². The molecule has 0 bridgehead atoms. The summed E-state index contributed by atoms with van der Waals surface area (Å²) in [6.07, 6.45) is 3.37. The van der Waals surface area contributed by atoms with Crippen molar-refractivity contribution in [3.05, 3.63) is 64.5 Å². The van der Waals surface area contributed by atoms with Gasteiger partial charge in [-0.25, -0.2) is 4.98 Å². The van der Waals surface area contributed by atoms with E-state index in [-0.39, 0.29) is 24.3 Å². The van der Waals surface area contributed by atoms with Gasteiger partial charge in [-0.15, -0.1) is 22.7 Å². The Morgan fingerprint density at radius 2 is 1.93 bits per heavy atom. The van der Waals surface area contributed by atoms with Crippen molar-refractivity contribution in [2.45, 2.75) is 31.1 Å². The minimum atomic E-state index is -0.440. The van der Waals surface area contributed by atoms with Gasteiger partial charge in [0.2, 0.25) is 0 Å². The normalized spacial score (nSPS) is 14.8. The molecule has 0 atom stereocenters. The van der Waals surface area contributed by atoms with Crippen molar-refractivity contribution in [1.29, 1.82) is 0 Å². The molecule has 1 fully saturated rings. The van der Waals surface area contributed by atoms with Crippen LogP contribution in [0.5, 0.6) is 0 Å². The molecule has 1 aliphatic carbocycles. The lowest BCUT2D eigenvalue weighted by Crippen LogP contribution is -2.46. The number of nitrogens with zero attached hydrogens (tertiary/aromatic N) is 1. The Balaban J connectivity index is 1.23. The van der Waals surface area contributed by atoms with Crippen LogP contribution in [-0.4, -0.2) is 30.0 Å². The van der Waals surface area contributed by atoms with Crippen LogP contribution in [0, 0.1) is 0 Å². The van der Waals surface area contributed by atoms with Crippen LogP contribution in [0.25, 0.3) is 9.88 Å². The number of hydrogen-bond donors (Lipinski definition) is 1. The molecular weight excluding hydrogens is 404 g/mol. The second-order valence-electron chi connectivity index (χ2n) is 7.24. The number of hydrogen-bond acceptors (Lipinski definition) is 6. The van der Waals surface area contributed by atoms with Crippen molar-refractivity contribution in [2.24, 2.45) is 0 Å². The molecule has 1 aromatic carbocycles. The Morgan fingerprint density at radius 1 is 1.10 bits per heavy atom. The molecule has 1 saturated carbocycles. The van der Waals surface area contributed by atoms with E-state index >= 15 is 0 Å². The van der Waals surface area contributed by atoms with Crippen molar-refractivity contribution in [3.63, 3.8) is 0 Å². The summed E-state index contributed by atoms with van der Waals surface area (Å²) in [4.78, 5) is 29.8. The lowest BCUT2D eigenvalue weighted by atomic mass is 9.64. The minimum Gasteiger partial charge on any atom is -0.455 e. The van der Waals surface area contributed by atoms with Crippen LogP contribution >= 0.6 is 22.7 Å². The third-order valence-electron chi connectivity index (χ3n) is 5.29. The standard InChI is InChI=1S/C22H22N2O3S2/c25-19(23-15-22(9-5-10-22)16-6-2-1-3-7-16)13-27-20(26)12-17-14-29-21(24-17)18-8-4-11-28-18/h1-4,6-8,11,14H,5,9-10,12-13,15H2,(H,23,25). The zero-order chi connectivity index (χ0) is 20.1. The van der Waals surface area contributed by atoms with Gasteiger partial charge in [0.15, 0.2) is 6.61 Å². The molecule has 1 amide bonds. The lowest BCUT2D eigenvalue weighted by molar-refractivity contribution is -0.148. The number of thiophene rings is 1. The van der Waals surface area contributed by atoms with E-state index in [0.29, 0.717) is 12.2 Å². The number of ether oxygens (including phenoxy) is 1. The predicted molar refractivity (Wildman–Crippen MR) is 115 cm³/mol. The maximum absolute atomic E-state index is 12.2. The molecule has 29 heavy (non-hydrogen) atoms. The molecule has 4 rings (SSSR count). The van der Waals surface area contributed by atoms with Crippen LogP contribution in [0.4, 0.5) is 0 Å². The maximum atomic E-state index is 12.2. The lowest BCUT2D eigenvalue weighted by Gasteiger charge is -2.42. The van der Waals surface area contributed by atoms with Crippen LogP contribution in [0.2, 0.25) is 0 Å². The molecule has 0 spiro atoms. The first kappa shape index (κ1) is 19.8. The van der Waals surface area contributed by atoms with Crippen LogP contribution < -0.4 is 5.32 Å². The summed E-state index contributed by atoms with van der Waals surface area (Å²) in [5.74, 6) is -0.706. The Bertz CT molecular complexity index is 963. The zero-order valence-electron chi connectivity index (χ0n) is 15.9. The van der Waals surface area contributed by atoms with Crippen molar-refractivity contribution in [3.8, 4) is 9.88 Å². The predicted octanol–water partition coefficient (Wildman–Crippen LogP) is 4.20. The molecule has 7 heteroatoms. The molecule has 3 aromatic rings. The van der Waals surface area contributed by atoms with Crippen molar-refractivity contribution < 1.29 is 14.3 Å². The third kappa shape index (κ3) is 4.74. The van der Waals surface area contributed by atoms with Crippen LogP contribution in [0.1, 0.15) is 30.5 Å². The highest BCUT2D eigenvalue weighted by Crippen LogP contribution is 2.43. The highest BCUT2D eigenvalue weighted by Gasteiger charge is 2.38. The van der Waals surface area contributed by atoms with Gasteiger partial charge in [-0.05, 0) is 29.9 Å². The van der Waals surface area contributed by atoms with E-state index in [1.807, 2.05) is 41.1 Å². The van der Waals surface area contributed by atoms with Gasteiger partial charge in [-0.3, -0.25) is 9.59 Å². The Morgan fingerprint density at radius 3 is 2.62 bits per heavy atom. The van der Waals surface area contributed by atoms with E-state index in [0.717, 1.165) is 22.7 Å². The molecule has 2 aromatic heterocycles. The van der Waals surface area contributed by atoms with Gasteiger partial charge in [0.05, 0.1) is 17.0 Å². The van der Waals surface area contributed by atoms with Crippen molar-refractivity contribution in [1.82, 2.24) is 10.3 Å². The average Bonchev–Trinajstić information content (AvgIpc) is 3.38. The summed E-state index contributed by atoms with van der Waals surface area (Å²) in [5, 5.41) is 7.69. The molecular formula is C22H22N2O3S2. The van der Waals surface area contributed by atoms with E-state index < -0.39 is 5.97 Å². The van der Waals surface area contributed by atoms with Gasteiger partial charge in [0.1, 0.15) is 5.01 Å². The summed E-state index contributed by atoms with van der Waals surface area (Å²) in [7, 11) is 0. The first-order valence-corrected chi connectivity index (χ1v) is 11.4. The quantitative estimate of drug-likeness (QED) is 0.548. The molecule has 0 radical (unpaired) electrons. The SMILES string of the molecule is O=C(COC(=O)Cc1csc(-c2cccs2)n1)NCC1(c2ccccc2)CCC1. The van der Waals surface area contributed by atoms with Gasteiger partial charge in [-0.1, -0.05) is 42.8 Å². The summed E-state index contributed by atoms with van der Waals surface area (Å²) in [6.45, 7) is 0.315. The van der Waals surface area contributed by atoms with Gasteiger partial charge in [0, 0.05) is 17.3 Å². The fourth-order valence-electron chi connectivity index (χ4n) is 3.53. The molecule has 1 aliphatic rings. The summed E-state index contributed by atoms with van der Waals surface area (Å²) < 4.78 is 5.15. The number of carbonyl (C=O) groups excluding carboxylic acids is 2. The van der Waals surface area contributed by atoms with Crippen LogP contribution in [0.15, 0.2) is 53.2 Å². The monoisotopic (exact) mass is 426 g/mol. The number of esters is 1. The fourth-order valence-corrected chi connectivity index (χ4v) is 5.16. The molecule has 2 heterocycles. The third-order valence-corrected chi connectivity index (χ3v) is 7.22. The summed E-state index contributed by atoms with van der Waals surface area (Å²) in [6, 6.07) is 14.3. The second kappa shape index (κ2) is 8.88. The van der Waals surface area contributed by atoms with E-state index in [1.54, 1.807) is 11.3 Å². The van der Waals surface area contributed by atoms with E-state index in [4.69, 9.17) is 4.74 Å². The number of thiazole rings is 1. The summed E-state index contributed by atoms with van der Waals surface area (Å²) in [5.41, 5.74) is 1.94. The first-order chi connectivity index (χ1) is 14.1. The molecule has 150 valence electrons. The number of amides is 1. The largest absolute Gasteiger partial charge is 0.455 e. The Kier molecular flexibility index (Phi) is 6.06. The number of nitrogens with one attached hydrogen (secondary N) is 1. The minimum absolute atomic E-state index is 0.0136. The average molecular weight is 427 g/mol. The number of aromatic nitrogens is 1. The molecule has 0 saturated heterocycles. The first-order valence-electron chi connectivity index (χ1n) is 9.61. The maximum Gasteiger partial charge on any atom is 0.312 e. The molecule has 0 unspecified atom stereocenters. The Labute approximate surface area is 177 Å². The van der Waals surface area contributed by atoms with Crippen LogP contribution in [-0.2, 0) is 26.2 Å². The highest BCUT2D eigenvalue weighted by atomic mass is 32.1. The topological polar surface area (TPSA) is 68.3 Å². The number of rotatable bonds is 8. The number of carbonyl (C=O) groups is 2. The summed E-state index contributed by atoms with van der Waals surface area (Å²) >= 11 is 3.12. The van der Waals surface area contributed by atoms with E-state index in [9.17, 15) is 9.59 Å². The zero-order valence-corrected chi connectivity index (χ0v) is 17.6. The van der Waals surface area contributed by atoms with E-state index in [2.05, 4.69) is 22.4 Å². The van der Waals surface area contributed by atoms with Crippen LogP contribution in [0.3, 0.4) is 0 Å². The molecule has 1 N–H and O–H groups in total. The fraction of sp³-hybridized carbons (Fsp3) is 0.318. The van der Waals surface area contributed by atoms with Crippen molar-refractivity contribution >= 4 is 34.6 Å². The number of benzene rings is 1. The second-order valence-corrected chi connectivity index (χ2v) is 9.04. The van der Waals surface area contributed by atoms with E-state index in [1.165, 1.54) is 23.3 Å². The van der Waals surface area contributed by atoms with Gasteiger partial charge in [0.25, 0.3) is 5.91 Å². The van der Waals surface area contributed by atoms with Crippen molar-refractivity contribution in [2.75, 3.05) is 13.2 Å². The smallest absolute Gasteiger partial charge is 0.312 e. The highest BCUT2D eigenvalue weighted by molar-refractivity contribution is 7.20.